The molecule has 0 saturated heterocycles. The van der Waals surface area contributed by atoms with Crippen LogP contribution in [0.25, 0.3) is 10.9 Å². The predicted octanol–water partition coefficient (Wildman–Crippen LogP) is 2.67. The number of hydrogen-bond acceptors (Lipinski definition) is 2. The number of amidine groups is 1. The third-order valence-corrected chi connectivity index (χ3v) is 4.36. The van der Waals surface area contributed by atoms with Gasteiger partial charge in [0, 0.05) is 31.0 Å². The van der Waals surface area contributed by atoms with Gasteiger partial charge in [-0.1, -0.05) is 18.2 Å². The predicted molar refractivity (Wildman–Crippen MR) is 78.9 cm³/mol. The fraction of sp³-hybridized carbons (Fsp3) is 0.438. The number of benzene rings is 1. The van der Waals surface area contributed by atoms with E-state index in [2.05, 4.69) is 47.7 Å². The van der Waals surface area contributed by atoms with Gasteiger partial charge in [0.25, 0.3) is 0 Å². The molecule has 0 spiro atoms. The third-order valence-electron chi connectivity index (χ3n) is 4.36. The van der Waals surface area contributed by atoms with E-state index in [0.717, 1.165) is 13.1 Å². The second-order valence-electron chi connectivity index (χ2n) is 5.78. The lowest BCUT2D eigenvalue weighted by atomic mass is 10.1. The quantitative estimate of drug-likeness (QED) is 0.707. The minimum absolute atomic E-state index is 0.367. The maximum Gasteiger partial charge on any atom is 0.148 e. The average molecular weight is 253 g/mol. The Labute approximate surface area is 113 Å². The first-order valence-electron chi connectivity index (χ1n) is 7.15. The van der Waals surface area contributed by atoms with Crippen molar-refractivity contribution in [3.05, 3.63) is 35.5 Å². The molecule has 1 unspecified atom stereocenters. The van der Waals surface area contributed by atoms with E-state index >= 15 is 0 Å². The van der Waals surface area contributed by atoms with Gasteiger partial charge < -0.3 is 9.47 Å². The Bertz CT molecular complexity index is 666. The molecule has 0 aliphatic carbocycles. The van der Waals surface area contributed by atoms with Crippen LogP contribution in [0, 0.1) is 0 Å². The van der Waals surface area contributed by atoms with Crippen molar-refractivity contribution in [1.82, 2.24) is 9.47 Å². The van der Waals surface area contributed by atoms with E-state index in [1.54, 1.807) is 0 Å². The average Bonchev–Trinajstić information content (AvgIpc) is 2.62. The van der Waals surface area contributed by atoms with Gasteiger partial charge in [0.1, 0.15) is 5.84 Å². The highest BCUT2D eigenvalue weighted by Gasteiger charge is 2.29. The molecule has 0 radical (unpaired) electrons. The summed E-state index contributed by atoms with van der Waals surface area (Å²) in [7, 11) is 2.17. The van der Waals surface area contributed by atoms with E-state index in [1.807, 2.05) is 0 Å². The molecule has 0 bridgehead atoms. The van der Waals surface area contributed by atoms with Crippen molar-refractivity contribution in [2.24, 2.45) is 4.99 Å². The van der Waals surface area contributed by atoms with E-state index in [4.69, 9.17) is 4.99 Å². The molecule has 0 saturated carbocycles. The van der Waals surface area contributed by atoms with Crippen LogP contribution in [-0.2, 0) is 13.0 Å². The first-order valence-corrected chi connectivity index (χ1v) is 7.15. The van der Waals surface area contributed by atoms with Crippen LogP contribution in [0.4, 0.5) is 0 Å². The second kappa shape index (κ2) is 3.86. The van der Waals surface area contributed by atoms with Crippen molar-refractivity contribution in [2.75, 3.05) is 13.6 Å². The molecule has 19 heavy (non-hydrogen) atoms. The van der Waals surface area contributed by atoms with Gasteiger partial charge in [0.15, 0.2) is 0 Å². The number of aromatic nitrogens is 1. The molecule has 0 fully saturated rings. The fourth-order valence-corrected chi connectivity index (χ4v) is 3.53. The van der Waals surface area contributed by atoms with Gasteiger partial charge in [0.05, 0.1) is 11.7 Å². The van der Waals surface area contributed by atoms with Crippen LogP contribution < -0.4 is 0 Å². The number of nitrogens with zero attached hydrogens (tertiary/aromatic N) is 3. The van der Waals surface area contributed by atoms with Crippen LogP contribution in [0.5, 0.6) is 0 Å². The highest BCUT2D eigenvalue weighted by Crippen LogP contribution is 2.33. The number of aryl methyl sites for hydroxylation is 1. The van der Waals surface area contributed by atoms with Crippen LogP contribution in [0.3, 0.4) is 0 Å². The van der Waals surface area contributed by atoms with Crippen molar-refractivity contribution in [3.63, 3.8) is 0 Å². The monoisotopic (exact) mass is 253 g/mol. The molecule has 0 amide bonds. The number of hydrogen-bond donors (Lipinski definition) is 0. The Morgan fingerprint density at radius 1 is 1.26 bits per heavy atom. The molecule has 0 N–H and O–H groups in total. The maximum atomic E-state index is 4.91. The van der Waals surface area contributed by atoms with Crippen LogP contribution >= 0.6 is 0 Å². The highest BCUT2D eigenvalue weighted by atomic mass is 15.2. The minimum Gasteiger partial charge on any atom is -0.358 e. The molecule has 98 valence electrons. The molecule has 1 aromatic heterocycles. The lowest BCUT2D eigenvalue weighted by Gasteiger charge is -2.27. The van der Waals surface area contributed by atoms with Crippen LogP contribution in [0.1, 0.15) is 24.6 Å². The molecule has 3 nitrogen and oxygen atoms in total. The lowest BCUT2D eigenvalue weighted by molar-refractivity contribution is 0.476. The van der Waals surface area contributed by atoms with Crippen molar-refractivity contribution in [3.8, 4) is 0 Å². The summed E-state index contributed by atoms with van der Waals surface area (Å²) in [6.45, 7) is 4.32. The van der Waals surface area contributed by atoms with Crippen molar-refractivity contribution in [1.29, 1.82) is 0 Å². The van der Waals surface area contributed by atoms with E-state index in [9.17, 15) is 0 Å². The Hall–Kier alpha value is -1.77. The third kappa shape index (κ3) is 1.47. The molecule has 1 aromatic carbocycles. The fourth-order valence-electron chi connectivity index (χ4n) is 3.53. The van der Waals surface area contributed by atoms with Gasteiger partial charge in [-0.15, -0.1) is 0 Å². The zero-order chi connectivity index (χ0) is 13.0. The SMILES string of the molecule is CC1Cn2c3c(c4ccccc42)CCCN(C)C3=N1. The molecular weight excluding hydrogens is 234 g/mol. The summed E-state index contributed by atoms with van der Waals surface area (Å²) in [6.07, 6.45) is 2.38. The van der Waals surface area contributed by atoms with E-state index < -0.39 is 0 Å². The zero-order valence-electron chi connectivity index (χ0n) is 11.6. The highest BCUT2D eigenvalue weighted by molar-refractivity contribution is 6.05. The lowest BCUT2D eigenvalue weighted by Crippen LogP contribution is -2.35. The van der Waals surface area contributed by atoms with Gasteiger partial charge in [-0.3, -0.25) is 4.99 Å². The molecule has 2 aliphatic heterocycles. The van der Waals surface area contributed by atoms with Crippen molar-refractivity contribution >= 4 is 16.7 Å². The van der Waals surface area contributed by atoms with E-state index in [1.165, 1.54) is 40.8 Å². The number of para-hydroxylation sites is 1. The molecular formula is C16H19N3. The summed E-state index contributed by atoms with van der Waals surface area (Å²) >= 11 is 0. The number of fused-ring (bicyclic) bond motifs is 3. The maximum absolute atomic E-state index is 4.91. The first-order chi connectivity index (χ1) is 9.25. The van der Waals surface area contributed by atoms with Gasteiger partial charge in [0.2, 0.25) is 0 Å². The summed E-state index contributed by atoms with van der Waals surface area (Å²) in [5, 5.41) is 1.43. The zero-order valence-corrected chi connectivity index (χ0v) is 11.6. The van der Waals surface area contributed by atoms with E-state index in [0.29, 0.717) is 6.04 Å². The molecule has 3 heterocycles. The van der Waals surface area contributed by atoms with Crippen LogP contribution in [0.2, 0.25) is 0 Å². The van der Waals surface area contributed by atoms with E-state index in [-0.39, 0.29) is 0 Å². The topological polar surface area (TPSA) is 20.5 Å². The molecule has 2 aromatic rings. The first kappa shape index (κ1) is 11.1. The largest absolute Gasteiger partial charge is 0.358 e. The molecule has 1 atom stereocenters. The number of aliphatic imine (C=N–C) groups is 1. The summed E-state index contributed by atoms with van der Waals surface area (Å²) in [4.78, 5) is 7.24. The molecule has 3 heteroatoms. The summed E-state index contributed by atoms with van der Waals surface area (Å²) < 4.78 is 2.49. The van der Waals surface area contributed by atoms with Gasteiger partial charge >= 0.3 is 0 Å². The standard InChI is InChI=1S/C16H19N3/c1-11-10-19-14-8-4-3-6-12(14)13-7-5-9-18(2)16(17-11)15(13)19/h3-4,6,8,11H,5,7,9-10H2,1-2H3. The molecule has 2 aliphatic rings. The van der Waals surface area contributed by atoms with Crippen molar-refractivity contribution < 1.29 is 0 Å². The summed E-state index contributed by atoms with van der Waals surface area (Å²) in [5.41, 5.74) is 4.26. The van der Waals surface area contributed by atoms with Crippen LogP contribution in [0.15, 0.2) is 29.3 Å². The van der Waals surface area contributed by atoms with Gasteiger partial charge in [-0.2, -0.15) is 0 Å². The minimum atomic E-state index is 0.367. The second-order valence-corrected chi connectivity index (χ2v) is 5.78. The summed E-state index contributed by atoms with van der Waals surface area (Å²) in [6, 6.07) is 9.18. The number of rotatable bonds is 0. The van der Waals surface area contributed by atoms with Gasteiger partial charge in [-0.25, -0.2) is 0 Å². The summed E-state index contributed by atoms with van der Waals surface area (Å²) in [5.74, 6) is 1.20. The Kier molecular flexibility index (Phi) is 2.25. The molecule has 4 rings (SSSR count). The Balaban J connectivity index is 2.10. The smallest absolute Gasteiger partial charge is 0.148 e. The van der Waals surface area contributed by atoms with Crippen LogP contribution in [-0.4, -0.2) is 34.9 Å². The van der Waals surface area contributed by atoms with Crippen molar-refractivity contribution in [2.45, 2.75) is 32.4 Å². The Morgan fingerprint density at radius 2 is 2.11 bits per heavy atom. The van der Waals surface area contributed by atoms with Gasteiger partial charge in [-0.05, 0) is 31.4 Å². The normalized spacial score (nSPS) is 22.1. The Morgan fingerprint density at radius 3 is 3.00 bits per heavy atom.